The summed E-state index contributed by atoms with van der Waals surface area (Å²) in [5, 5.41) is 17.6. The zero-order chi connectivity index (χ0) is 37.8. The lowest BCUT2D eigenvalue weighted by Gasteiger charge is -2.08. The molecule has 1 N–H and O–H groups in total. The van der Waals surface area contributed by atoms with E-state index >= 15 is 0 Å². The topological polar surface area (TPSA) is 89.4 Å². The average Bonchev–Trinajstić information content (AvgIpc) is 3.86. The number of rotatable bonds is 7. The largest absolute Gasteiger partial charge is 0.478 e. The molecule has 0 amide bonds. The lowest BCUT2D eigenvalue weighted by atomic mass is 9.97. The number of aromatic carboxylic acids is 1. The van der Waals surface area contributed by atoms with E-state index in [2.05, 4.69) is 25.9 Å². The molecule has 0 saturated carbocycles. The van der Waals surface area contributed by atoms with Crippen molar-refractivity contribution in [2.45, 2.75) is 0 Å². The fraction of sp³-hybridized carbons (Fsp3) is 0.0256. The number of nitrogens with zero attached hydrogens (tertiary/aromatic N) is 2. The van der Waals surface area contributed by atoms with Crippen molar-refractivity contribution in [3.05, 3.63) is 149 Å². The second-order valence-corrected chi connectivity index (χ2v) is 15.7. The Hall–Kier alpha value is -3.77. The first kappa shape index (κ1) is 38.9. The van der Waals surface area contributed by atoms with Crippen LogP contribution in [0, 0.1) is 0 Å². The number of thiazole rings is 2. The van der Waals surface area contributed by atoms with Crippen LogP contribution in [0.5, 0.6) is 0 Å². The van der Waals surface area contributed by atoms with Gasteiger partial charge in [-0.3, -0.25) is 0 Å². The molecular weight excluding hydrogens is 882 g/mol. The van der Waals surface area contributed by atoms with Gasteiger partial charge >= 0.3 is 11.9 Å². The highest BCUT2D eigenvalue weighted by Crippen LogP contribution is 2.36. The molecule has 2 aromatic heterocycles. The van der Waals surface area contributed by atoms with Crippen LogP contribution in [0.1, 0.15) is 20.7 Å². The van der Waals surface area contributed by atoms with E-state index in [9.17, 15) is 14.7 Å². The summed E-state index contributed by atoms with van der Waals surface area (Å²) in [5.41, 5.74) is 6.94. The van der Waals surface area contributed by atoms with Crippen molar-refractivity contribution in [1.29, 1.82) is 0 Å². The van der Waals surface area contributed by atoms with Gasteiger partial charge in [-0.2, -0.15) is 0 Å². The molecule has 6 nitrogen and oxygen atoms in total. The Morgan fingerprint density at radius 3 is 1.57 bits per heavy atom. The first-order chi connectivity index (χ1) is 25.4. The third-order valence-corrected chi connectivity index (χ3v) is 11.9. The molecule has 0 aliphatic heterocycles. The van der Waals surface area contributed by atoms with E-state index in [0.29, 0.717) is 40.7 Å². The van der Waals surface area contributed by atoms with Crippen LogP contribution in [0.15, 0.2) is 112 Å². The van der Waals surface area contributed by atoms with E-state index in [0.717, 1.165) is 49.2 Å². The molecule has 53 heavy (non-hydrogen) atoms. The molecule has 0 saturated heterocycles. The van der Waals surface area contributed by atoms with Crippen molar-refractivity contribution in [1.82, 2.24) is 9.97 Å². The molecule has 0 aliphatic carbocycles. The number of methoxy groups -OCH3 is 1. The maximum absolute atomic E-state index is 11.9. The second kappa shape index (κ2) is 17.1. The third-order valence-electron chi connectivity index (χ3n) is 7.71. The monoisotopic (exact) mass is 900 g/mol. The predicted octanol–water partition coefficient (Wildman–Crippen LogP) is 14.1. The SMILES string of the molecule is COC(=O)c1cc(-c2nc(-c3ccc(Cl)c(Cl)c3)cs2)ccc1Br.O=C(O)c1cc(-c2nc(-c3ccc(Cl)c(Cl)c3)cs2)ccc1-c1ccc(Cl)cc1. The molecule has 266 valence electrons. The van der Waals surface area contributed by atoms with E-state index in [1.54, 1.807) is 66.7 Å². The fourth-order valence-corrected chi connectivity index (χ4v) is 7.83. The lowest BCUT2D eigenvalue weighted by molar-refractivity contribution is 0.0598. The van der Waals surface area contributed by atoms with Crippen LogP contribution in [-0.2, 0) is 4.74 Å². The molecular formula is C39H22BrCl5N2O4S2. The van der Waals surface area contributed by atoms with Gasteiger partial charge in [0.25, 0.3) is 0 Å². The van der Waals surface area contributed by atoms with Gasteiger partial charge in [0.2, 0.25) is 0 Å². The Morgan fingerprint density at radius 1 is 0.604 bits per heavy atom. The second-order valence-electron chi connectivity index (χ2n) is 11.1. The highest BCUT2D eigenvalue weighted by molar-refractivity contribution is 9.10. The number of ether oxygens (including phenoxy) is 1. The van der Waals surface area contributed by atoms with Gasteiger partial charge in [0, 0.05) is 42.5 Å². The minimum atomic E-state index is -1.00. The Bertz CT molecular complexity index is 2490. The average molecular weight is 904 g/mol. The van der Waals surface area contributed by atoms with Crippen molar-refractivity contribution in [2.75, 3.05) is 7.11 Å². The smallest absolute Gasteiger partial charge is 0.339 e. The van der Waals surface area contributed by atoms with Crippen LogP contribution >= 0.6 is 96.6 Å². The molecule has 0 fully saturated rings. The number of benzene rings is 5. The Balaban J connectivity index is 0.000000185. The molecule has 5 aromatic carbocycles. The number of carbonyl (C=O) groups excluding carboxylic acids is 1. The normalized spacial score (nSPS) is 10.8. The van der Waals surface area contributed by atoms with Gasteiger partial charge in [-0.15, -0.1) is 22.7 Å². The highest BCUT2D eigenvalue weighted by atomic mass is 79.9. The molecule has 0 spiro atoms. The molecule has 0 aliphatic rings. The van der Waals surface area contributed by atoms with E-state index in [1.165, 1.54) is 29.8 Å². The van der Waals surface area contributed by atoms with Gasteiger partial charge < -0.3 is 9.84 Å². The number of esters is 1. The van der Waals surface area contributed by atoms with Crippen LogP contribution in [-0.4, -0.2) is 34.1 Å². The molecule has 0 bridgehead atoms. The summed E-state index contributed by atoms with van der Waals surface area (Å²) < 4.78 is 5.47. The minimum absolute atomic E-state index is 0.205. The van der Waals surface area contributed by atoms with E-state index < -0.39 is 11.9 Å². The minimum Gasteiger partial charge on any atom is -0.478 e. The van der Waals surface area contributed by atoms with Crippen LogP contribution in [0.2, 0.25) is 25.1 Å². The number of halogens is 6. The fourth-order valence-electron chi connectivity index (χ4n) is 5.05. The highest BCUT2D eigenvalue weighted by Gasteiger charge is 2.17. The third kappa shape index (κ3) is 9.13. The van der Waals surface area contributed by atoms with Crippen LogP contribution < -0.4 is 0 Å². The Morgan fingerprint density at radius 2 is 1.08 bits per heavy atom. The number of hydrogen-bond donors (Lipinski definition) is 1. The van der Waals surface area contributed by atoms with E-state index in [-0.39, 0.29) is 5.56 Å². The summed E-state index contributed by atoms with van der Waals surface area (Å²) in [6, 6.07) is 28.6. The van der Waals surface area contributed by atoms with Crippen molar-refractivity contribution < 1.29 is 19.4 Å². The van der Waals surface area contributed by atoms with Gasteiger partial charge in [-0.05, 0) is 81.7 Å². The zero-order valence-electron chi connectivity index (χ0n) is 27.0. The summed E-state index contributed by atoms with van der Waals surface area (Å²) >= 11 is 36.3. The summed E-state index contributed by atoms with van der Waals surface area (Å²) in [5.74, 6) is -1.40. The van der Waals surface area contributed by atoms with Crippen LogP contribution in [0.3, 0.4) is 0 Å². The Kier molecular flexibility index (Phi) is 12.6. The van der Waals surface area contributed by atoms with Crippen LogP contribution in [0.4, 0.5) is 0 Å². The van der Waals surface area contributed by atoms with Crippen LogP contribution in [0.25, 0.3) is 54.8 Å². The van der Waals surface area contributed by atoms with E-state index in [1.807, 2.05) is 41.1 Å². The number of hydrogen-bond acceptors (Lipinski definition) is 7. The van der Waals surface area contributed by atoms with Gasteiger partial charge in [0.15, 0.2) is 0 Å². The number of carboxylic acids is 1. The Labute approximate surface area is 345 Å². The van der Waals surface area contributed by atoms with Gasteiger partial charge in [-0.25, -0.2) is 19.6 Å². The maximum Gasteiger partial charge on any atom is 0.339 e. The maximum atomic E-state index is 11.9. The number of carbonyl (C=O) groups is 2. The lowest BCUT2D eigenvalue weighted by Crippen LogP contribution is -2.02. The molecule has 0 radical (unpaired) electrons. The van der Waals surface area contributed by atoms with Crippen molar-refractivity contribution in [2.24, 2.45) is 0 Å². The van der Waals surface area contributed by atoms with Gasteiger partial charge in [-0.1, -0.05) is 100 Å². The first-order valence-electron chi connectivity index (χ1n) is 15.3. The molecule has 2 heterocycles. The first-order valence-corrected chi connectivity index (χ1v) is 19.7. The molecule has 0 atom stereocenters. The van der Waals surface area contributed by atoms with E-state index in [4.69, 9.17) is 62.7 Å². The zero-order valence-corrected chi connectivity index (χ0v) is 34.0. The standard InChI is InChI=1S/C22H12Cl3NO2S.C17H10BrCl2NO2S/c23-15-5-1-12(2-6-15)16-7-3-14(9-17(16)22(27)28)21-26-20(11-29-21)13-4-8-18(24)19(25)10-13;1-23-17(22)11-6-10(2-4-12(11)18)16-21-15(8-24-16)9-3-5-13(19)14(20)7-9/h1-11H,(H,27,28);2-8H,1H3. The quantitative estimate of drug-likeness (QED) is 0.160. The molecule has 7 aromatic rings. The predicted molar refractivity (Wildman–Crippen MR) is 222 cm³/mol. The molecule has 0 unspecified atom stereocenters. The van der Waals surface area contributed by atoms with Gasteiger partial charge in [0.05, 0.1) is 49.7 Å². The summed E-state index contributed by atoms with van der Waals surface area (Å²) in [4.78, 5) is 33.0. The number of aromatic nitrogens is 2. The van der Waals surface area contributed by atoms with Crippen molar-refractivity contribution in [3.8, 4) is 54.8 Å². The summed E-state index contributed by atoms with van der Waals surface area (Å²) in [6.45, 7) is 0. The van der Waals surface area contributed by atoms with Crippen molar-refractivity contribution >= 4 is 109 Å². The van der Waals surface area contributed by atoms with Gasteiger partial charge in [0.1, 0.15) is 10.0 Å². The molecule has 14 heteroatoms. The summed E-state index contributed by atoms with van der Waals surface area (Å²) in [7, 11) is 1.35. The summed E-state index contributed by atoms with van der Waals surface area (Å²) in [6.07, 6.45) is 0. The molecule has 7 rings (SSSR count). The number of carboxylic acid groups (broad SMARTS) is 1. The van der Waals surface area contributed by atoms with Crippen molar-refractivity contribution in [3.63, 3.8) is 0 Å².